The van der Waals surface area contributed by atoms with E-state index in [-0.39, 0.29) is 0 Å². The molecule has 1 aliphatic rings. The van der Waals surface area contributed by atoms with Gasteiger partial charge < -0.3 is 9.88 Å². The number of thioether (sulfide) groups is 1. The van der Waals surface area contributed by atoms with Gasteiger partial charge in [-0.05, 0) is 35.1 Å². The maximum atomic E-state index is 13.4. The van der Waals surface area contributed by atoms with Crippen LogP contribution in [-0.2, 0) is 17.3 Å². The lowest BCUT2D eigenvalue weighted by atomic mass is 9.73. The highest BCUT2D eigenvalue weighted by molar-refractivity contribution is 7.99. The van der Waals surface area contributed by atoms with Crippen LogP contribution in [-0.4, -0.2) is 39.1 Å². The molecule has 3 aromatic rings. The number of aromatic nitrogens is 3. The standard InChI is InChI=1S/C23H23F3N4OS/c1-30-15-28-29-21(30)32-13-7-6-12-22(20(31)27-14-23(24,25)26)18-10-4-2-8-16(18)17-9-3-5-11-19(17)22/h2-5,8-11,15H,6-7,12-14H2,1H3,(H,27,31). The molecule has 0 unspecified atom stereocenters. The Labute approximate surface area is 188 Å². The highest BCUT2D eigenvalue weighted by atomic mass is 32.2. The topological polar surface area (TPSA) is 59.8 Å². The van der Waals surface area contributed by atoms with Crippen LogP contribution in [0, 0.1) is 0 Å². The van der Waals surface area contributed by atoms with Crippen LogP contribution < -0.4 is 5.32 Å². The zero-order valence-corrected chi connectivity index (χ0v) is 18.3. The van der Waals surface area contributed by atoms with Crippen LogP contribution in [0.25, 0.3) is 11.1 Å². The zero-order valence-electron chi connectivity index (χ0n) is 17.5. The van der Waals surface area contributed by atoms with Crippen molar-refractivity contribution in [3.8, 4) is 11.1 Å². The third-order valence-corrected chi connectivity index (χ3v) is 6.87. The molecule has 1 amide bonds. The summed E-state index contributed by atoms with van der Waals surface area (Å²) in [6.07, 6.45) is -0.955. The molecule has 0 saturated heterocycles. The molecular weight excluding hydrogens is 437 g/mol. The van der Waals surface area contributed by atoms with Crippen LogP contribution in [0.3, 0.4) is 0 Å². The molecule has 0 atom stereocenters. The van der Waals surface area contributed by atoms with E-state index in [0.29, 0.717) is 12.8 Å². The molecule has 0 spiro atoms. The fourth-order valence-electron chi connectivity index (χ4n) is 4.34. The van der Waals surface area contributed by atoms with Gasteiger partial charge in [0.25, 0.3) is 0 Å². The van der Waals surface area contributed by atoms with Crippen molar-refractivity contribution in [2.75, 3.05) is 12.3 Å². The zero-order chi connectivity index (χ0) is 22.8. The molecule has 168 valence electrons. The summed E-state index contributed by atoms with van der Waals surface area (Å²) in [5.41, 5.74) is 2.19. The molecule has 2 aromatic carbocycles. The van der Waals surface area contributed by atoms with E-state index in [1.165, 1.54) is 0 Å². The number of nitrogens with one attached hydrogen (secondary N) is 1. The number of amides is 1. The monoisotopic (exact) mass is 460 g/mol. The minimum absolute atomic E-state index is 0.421. The molecule has 0 fully saturated rings. The fourth-order valence-corrected chi connectivity index (χ4v) is 5.23. The molecule has 9 heteroatoms. The molecule has 0 bridgehead atoms. The van der Waals surface area contributed by atoms with Crippen molar-refractivity contribution in [3.63, 3.8) is 0 Å². The number of aryl methyl sites for hydroxylation is 1. The second kappa shape index (κ2) is 8.97. The second-order valence-electron chi connectivity index (χ2n) is 7.82. The van der Waals surface area contributed by atoms with Crippen LogP contribution in [0.2, 0.25) is 0 Å². The van der Waals surface area contributed by atoms with E-state index in [0.717, 1.165) is 39.6 Å². The Bertz CT molecular complexity index is 1070. The molecule has 5 nitrogen and oxygen atoms in total. The van der Waals surface area contributed by atoms with Crippen LogP contribution in [0.5, 0.6) is 0 Å². The predicted octanol–water partition coefficient (Wildman–Crippen LogP) is 4.72. The number of carbonyl (C=O) groups excluding carboxylic acids is 1. The lowest BCUT2D eigenvalue weighted by molar-refractivity contribution is -0.141. The van der Waals surface area contributed by atoms with E-state index in [1.807, 2.05) is 60.1 Å². The third kappa shape index (κ3) is 4.26. The Morgan fingerprint density at radius 3 is 2.25 bits per heavy atom. The molecule has 0 aliphatic heterocycles. The predicted molar refractivity (Wildman–Crippen MR) is 117 cm³/mol. The van der Waals surface area contributed by atoms with Crippen LogP contribution in [0.15, 0.2) is 60.0 Å². The van der Waals surface area contributed by atoms with Crippen LogP contribution >= 0.6 is 11.8 Å². The van der Waals surface area contributed by atoms with Gasteiger partial charge in [0.2, 0.25) is 5.91 Å². The van der Waals surface area contributed by atoms with Crippen molar-refractivity contribution in [1.29, 1.82) is 0 Å². The van der Waals surface area contributed by atoms with Gasteiger partial charge in [-0.1, -0.05) is 66.7 Å². The lowest BCUT2D eigenvalue weighted by Crippen LogP contribution is -2.47. The molecule has 1 N–H and O–H groups in total. The number of rotatable bonds is 8. The van der Waals surface area contributed by atoms with Gasteiger partial charge in [0, 0.05) is 12.8 Å². The number of unbranched alkanes of at least 4 members (excludes halogenated alkanes) is 1. The maximum Gasteiger partial charge on any atom is 0.405 e. The number of alkyl halides is 3. The van der Waals surface area contributed by atoms with Gasteiger partial charge in [-0.2, -0.15) is 13.2 Å². The summed E-state index contributed by atoms with van der Waals surface area (Å²) < 4.78 is 40.6. The average molecular weight is 461 g/mol. The first kappa shape index (κ1) is 22.4. The third-order valence-electron chi connectivity index (χ3n) is 5.75. The molecule has 0 radical (unpaired) electrons. The van der Waals surface area contributed by atoms with E-state index in [9.17, 15) is 18.0 Å². The van der Waals surface area contributed by atoms with Crippen molar-refractivity contribution < 1.29 is 18.0 Å². The Kier molecular flexibility index (Phi) is 6.28. The largest absolute Gasteiger partial charge is 0.405 e. The number of fused-ring (bicyclic) bond motifs is 3. The van der Waals surface area contributed by atoms with Gasteiger partial charge in [0.15, 0.2) is 5.16 Å². The van der Waals surface area contributed by atoms with Gasteiger partial charge >= 0.3 is 6.18 Å². The Balaban J connectivity index is 1.60. The van der Waals surface area contributed by atoms with Crippen LogP contribution in [0.1, 0.15) is 30.4 Å². The molecule has 4 rings (SSSR count). The smallest absolute Gasteiger partial charge is 0.346 e. The van der Waals surface area contributed by atoms with E-state index in [4.69, 9.17) is 0 Å². The first-order chi connectivity index (χ1) is 15.3. The highest BCUT2D eigenvalue weighted by Gasteiger charge is 2.49. The number of hydrogen-bond donors (Lipinski definition) is 1. The van der Waals surface area contributed by atoms with E-state index >= 15 is 0 Å². The summed E-state index contributed by atoms with van der Waals surface area (Å²) in [6.45, 7) is -1.35. The summed E-state index contributed by atoms with van der Waals surface area (Å²) in [7, 11) is 1.87. The summed E-state index contributed by atoms with van der Waals surface area (Å²) in [5, 5.41) is 10.9. The number of nitrogens with zero attached hydrogens (tertiary/aromatic N) is 3. The maximum absolute atomic E-state index is 13.4. The normalized spacial score (nSPS) is 14.1. The summed E-state index contributed by atoms with van der Waals surface area (Å²) in [4.78, 5) is 13.4. The minimum Gasteiger partial charge on any atom is -0.346 e. The summed E-state index contributed by atoms with van der Waals surface area (Å²) in [5.74, 6) is 0.170. The molecule has 1 aliphatic carbocycles. The van der Waals surface area contributed by atoms with E-state index < -0.39 is 24.0 Å². The van der Waals surface area contributed by atoms with Crippen molar-refractivity contribution in [2.45, 2.75) is 36.0 Å². The molecule has 1 heterocycles. The fraction of sp³-hybridized carbons (Fsp3) is 0.348. The van der Waals surface area contributed by atoms with Crippen molar-refractivity contribution in [1.82, 2.24) is 20.1 Å². The van der Waals surface area contributed by atoms with E-state index in [2.05, 4.69) is 15.5 Å². The summed E-state index contributed by atoms with van der Waals surface area (Å²) in [6, 6.07) is 15.0. The highest BCUT2D eigenvalue weighted by Crippen LogP contribution is 2.51. The Morgan fingerprint density at radius 1 is 1.06 bits per heavy atom. The van der Waals surface area contributed by atoms with Gasteiger partial charge in [-0.25, -0.2) is 0 Å². The van der Waals surface area contributed by atoms with Gasteiger partial charge in [0.1, 0.15) is 18.3 Å². The van der Waals surface area contributed by atoms with Crippen LogP contribution in [0.4, 0.5) is 13.2 Å². The molecule has 32 heavy (non-hydrogen) atoms. The molecule has 0 saturated carbocycles. The second-order valence-corrected chi connectivity index (χ2v) is 8.89. The van der Waals surface area contributed by atoms with Crippen molar-refractivity contribution >= 4 is 17.7 Å². The Hall–Kier alpha value is -2.81. The van der Waals surface area contributed by atoms with Crippen molar-refractivity contribution in [2.24, 2.45) is 7.05 Å². The van der Waals surface area contributed by atoms with E-state index in [1.54, 1.807) is 18.1 Å². The number of hydrogen-bond acceptors (Lipinski definition) is 4. The minimum atomic E-state index is -4.47. The SMILES string of the molecule is Cn1cnnc1SCCCCC1(C(=O)NCC(F)(F)F)c2ccccc2-c2ccccc21. The number of halogens is 3. The number of carbonyl (C=O) groups is 1. The van der Waals surface area contributed by atoms with Gasteiger partial charge in [-0.3, -0.25) is 4.79 Å². The van der Waals surface area contributed by atoms with Gasteiger partial charge in [-0.15, -0.1) is 10.2 Å². The molecular formula is C23H23F3N4OS. The lowest BCUT2D eigenvalue weighted by Gasteiger charge is -2.31. The van der Waals surface area contributed by atoms with Crippen molar-refractivity contribution in [3.05, 3.63) is 66.0 Å². The quantitative estimate of drug-likeness (QED) is 0.390. The first-order valence-corrected chi connectivity index (χ1v) is 11.3. The average Bonchev–Trinajstić information content (AvgIpc) is 3.31. The summed E-state index contributed by atoms with van der Waals surface area (Å²) >= 11 is 1.57. The first-order valence-electron chi connectivity index (χ1n) is 10.3. The Morgan fingerprint density at radius 2 is 1.69 bits per heavy atom. The molecule has 1 aromatic heterocycles. The van der Waals surface area contributed by atoms with Gasteiger partial charge in [0.05, 0.1) is 0 Å². The number of benzene rings is 2.